The fraction of sp³-hybridized carbons (Fsp3) is 0.273. The quantitative estimate of drug-likeness (QED) is 0.462. The number of thiazole rings is 1. The summed E-state index contributed by atoms with van der Waals surface area (Å²) in [5.74, 6) is -1.03. The van der Waals surface area contributed by atoms with Gasteiger partial charge in [0.15, 0.2) is 0 Å². The summed E-state index contributed by atoms with van der Waals surface area (Å²) >= 11 is 7.23. The highest BCUT2D eigenvalue weighted by Gasteiger charge is 2.32. The van der Waals surface area contributed by atoms with Crippen molar-refractivity contribution in [1.29, 1.82) is 0 Å². The van der Waals surface area contributed by atoms with Crippen LogP contribution in [0.15, 0.2) is 58.8 Å². The molecule has 0 saturated carbocycles. The molecular weight excluding hydrogens is 475 g/mol. The molecule has 32 heavy (non-hydrogen) atoms. The van der Waals surface area contributed by atoms with Gasteiger partial charge in [0.2, 0.25) is 10.0 Å². The van der Waals surface area contributed by atoms with E-state index in [1.54, 1.807) is 29.6 Å². The summed E-state index contributed by atoms with van der Waals surface area (Å²) in [7, 11) is -3.62. The molecule has 0 N–H and O–H groups in total. The van der Waals surface area contributed by atoms with Crippen LogP contribution in [0, 0.1) is 11.7 Å². The lowest BCUT2D eigenvalue weighted by Crippen LogP contribution is -2.40. The second-order valence-electron chi connectivity index (χ2n) is 7.39. The molecule has 1 aliphatic heterocycles. The van der Waals surface area contributed by atoms with Crippen molar-refractivity contribution in [2.75, 3.05) is 13.1 Å². The topological polar surface area (TPSA) is 76.6 Å². The molecule has 6 nitrogen and oxygen atoms in total. The van der Waals surface area contributed by atoms with E-state index in [9.17, 15) is 17.6 Å². The molecule has 1 aliphatic rings. The number of ether oxygens (including phenoxy) is 1. The summed E-state index contributed by atoms with van der Waals surface area (Å²) in [5.41, 5.74) is 1.41. The summed E-state index contributed by atoms with van der Waals surface area (Å²) in [6, 6.07) is 12.1. The van der Waals surface area contributed by atoms with Gasteiger partial charge in [0.05, 0.1) is 16.5 Å². The molecule has 1 aromatic heterocycles. The van der Waals surface area contributed by atoms with Crippen LogP contribution < -0.4 is 0 Å². The Kier molecular flexibility index (Phi) is 6.90. The van der Waals surface area contributed by atoms with Crippen molar-refractivity contribution in [3.05, 3.63) is 70.4 Å². The number of carbonyl (C=O) groups is 1. The van der Waals surface area contributed by atoms with Gasteiger partial charge in [0.25, 0.3) is 0 Å². The molecule has 0 bridgehead atoms. The van der Waals surface area contributed by atoms with Crippen molar-refractivity contribution in [3.63, 3.8) is 0 Å². The van der Waals surface area contributed by atoms with Crippen LogP contribution in [-0.4, -0.2) is 36.8 Å². The van der Waals surface area contributed by atoms with Crippen molar-refractivity contribution < 1.29 is 22.3 Å². The third-order valence-electron chi connectivity index (χ3n) is 5.24. The largest absolute Gasteiger partial charge is 0.459 e. The zero-order valence-corrected chi connectivity index (χ0v) is 19.3. The molecule has 168 valence electrons. The van der Waals surface area contributed by atoms with E-state index in [2.05, 4.69) is 4.98 Å². The van der Waals surface area contributed by atoms with Gasteiger partial charge >= 0.3 is 5.97 Å². The minimum atomic E-state index is -3.62. The van der Waals surface area contributed by atoms with Crippen LogP contribution in [0.4, 0.5) is 4.39 Å². The highest BCUT2D eigenvalue weighted by atomic mass is 35.5. The maximum absolute atomic E-state index is 13.1. The van der Waals surface area contributed by atoms with Crippen LogP contribution in [0.5, 0.6) is 0 Å². The summed E-state index contributed by atoms with van der Waals surface area (Å²) < 4.78 is 45.4. The molecule has 1 fully saturated rings. The van der Waals surface area contributed by atoms with Crippen molar-refractivity contribution >= 4 is 38.9 Å². The second kappa shape index (κ2) is 9.66. The number of benzene rings is 2. The maximum atomic E-state index is 13.1. The van der Waals surface area contributed by atoms with Crippen LogP contribution in [0.3, 0.4) is 0 Å². The summed E-state index contributed by atoms with van der Waals surface area (Å²) in [4.78, 5) is 17.1. The van der Waals surface area contributed by atoms with Crippen LogP contribution in [0.1, 0.15) is 18.5 Å². The molecule has 0 atom stereocenters. The van der Waals surface area contributed by atoms with E-state index in [1.807, 2.05) is 0 Å². The first-order chi connectivity index (χ1) is 15.3. The molecule has 0 amide bonds. The number of sulfonamides is 1. The third-order valence-corrected chi connectivity index (χ3v) is 8.35. The molecule has 1 saturated heterocycles. The molecule has 10 heteroatoms. The van der Waals surface area contributed by atoms with Crippen molar-refractivity contribution in [2.24, 2.45) is 5.92 Å². The molecule has 0 aliphatic carbocycles. The van der Waals surface area contributed by atoms with Gasteiger partial charge in [-0.2, -0.15) is 4.31 Å². The minimum Gasteiger partial charge on any atom is -0.459 e. The second-order valence-corrected chi connectivity index (χ2v) is 10.6. The first-order valence-electron chi connectivity index (χ1n) is 9.95. The lowest BCUT2D eigenvalue weighted by molar-refractivity contribution is -0.151. The molecule has 0 unspecified atom stereocenters. The standard InChI is InChI=1S/C22H20ClFN2O4S2/c23-17-3-7-20(8-4-17)32(28,29)26-11-9-16(10-12-26)22(27)30-13-19-14-31-21(25-19)15-1-5-18(24)6-2-15/h1-8,14,16H,9-13H2. The Morgan fingerprint density at radius 2 is 1.78 bits per heavy atom. The average Bonchev–Trinajstić information content (AvgIpc) is 3.27. The number of piperidine rings is 1. The fourth-order valence-corrected chi connectivity index (χ4v) is 5.85. The Bertz CT molecular complexity index is 1190. The highest BCUT2D eigenvalue weighted by molar-refractivity contribution is 7.89. The normalized spacial score (nSPS) is 15.6. The monoisotopic (exact) mass is 494 g/mol. The van der Waals surface area contributed by atoms with Gasteiger partial charge in [-0.1, -0.05) is 11.6 Å². The van der Waals surface area contributed by atoms with E-state index in [4.69, 9.17) is 16.3 Å². The van der Waals surface area contributed by atoms with Gasteiger partial charge < -0.3 is 4.74 Å². The Balaban J connectivity index is 1.29. The third kappa shape index (κ3) is 5.17. The van der Waals surface area contributed by atoms with Crippen LogP contribution in [-0.2, 0) is 26.2 Å². The van der Waals surface area contributed by atoms with E-state index in [1.165, 1.54) is 39.9 Å². The average molecular weight is 495 g/mol. The van der Waals surface area contributed by atoms with E-state index < -0.39 is 10.0 Å². The van der Waals surface area contributed by atoms with E-state index in [-0.39, 0.29) is 42.3 Å². The van der Waals surface area contributed by atoms with Gasteiger partial charge in [-0.25, -0.2) is 17.8 Å². The lowest BCUT2D eigenvalue weighted by Gasteiger charge is -2.30. The maximum Gasteiger partial charge on any atom is 0.309 e. The number of rotatable bonds is 6. The summed E-state index contributed by atoms with van der Waals surface area (Å²) in [5, 5.41) is 2.99. The molecule has 0 radical (unpaired) electrons. The van der Waals surface area contributed by atoms with Crippen LogP contribution in [0.2, 0.25) is 5.02 Å². The highest BCUT2D eigenvalue weighted by Crippen LogP contribution is 2.27. The van der Waals surface area contributed by atoms with Gasteiger partial charge in [0, 0.05) is 29.1 Å². The number of esters is 1. The van der Waals surface area contributed by atoms with Gasteiger partial charge in [-0.05, 0) is 61.4 Å². The zero-order valence-electron chi connectivity index (χ0n) is 16.9. The lowest BCUT2D eigenvalue weighted by atomic mass is 9.98. The number of halogens is 2. The van der Waals surface area contributed by atoms with Crippen molar-refractivity contribution in [1.82, 2.24) is 9.29 Å². The first-order valence-corrected chi connectivity index (χ1v) is 12.7. The molecular formula is C22H20ClFN2O4S2. The van der Waals surface area contributed by atoms with E-state index in [0.717, 1.165) is 10.6 Å². The van der Waals surface area contributed by atoms with Crippen LogP contribution >= 0.6 is 22.9 Å². The fourth-order valence-electron chi connectivity index (χ4n) is 3.45. The Morgan fingerprint density at radius 3 is 2.44 bits per heavy atom. The Hall–Kier alpha value is -2.33. The predicted octanol–water partition coefficient (Wildman–Crippen LogP) is 4.75. The number of nitrogens with zero attached hydrogens (tertiary/aromatic N) is 2. The molecule has 3 aromatic rings. The SMILES string of the molecule is O=C(OCc1csc(-c2ccc(F)cc2)n1)C1CCN(S(=O)(=O)c2ccc(Cl)cc2)CC1. The van der Waals surface area contributed by atoms with Gasteiger partial charge in [-0.15, -0.1) is 11.3 Å². The summed E-state index contributed by atoms with van der Waals surface area (Å²) in [6.07, 6.45) is 0.785. The number of hydrogen-bond donors (Lipinski definition) is 0. The van der Waals surface area contributed by atoms with Crippen molar-refractivity contribution in [2.45, 2.75) is 24.3 Å². The van der Waals surface area contributed by atoms with E-state index >= 15 is 0 Å². The molecule has 0 spiro atoms. The van der Waals surface area contributed by atoms with Crippen molar-refractivity contribution in [3.8, 4) is 10.6 Å². The predicted molar refractivity (Wildman–Crippen MR) is 120 cm³/mol. The first kappa shape index (κ1) is 22.8. The van der Waals surface area contributed by atoms with Crippen LogP contribution in [0.25, 0.3) is 10.6 Å². The Labute approximate surface area is 194 Å². The molecule has 4 rings (SSSR count). The van der Waals surface area contributed by atoms with Gasteiger partial charge in [0.1, 0.15) is 17.4 Å². The number of hydrogen-bond acceptors (Lipinski definition) is 6. The van der Waals surface area contributed by atoms with Gasteiger partial charge in [-0.3, -0.25) is 4.79 Å². The number of aromatic nitrogens is 1. The minimum absolute atomic E-state index is 0.0415. The zero-order chi connectivity index (χ0) is 22.7. The molecule has 2 aromatic carbocycles. The Morgan fingerprint density at radius 1 is 1.12 bits per heavy atom. The molecule has 2 heterocycles. The van der Waals surface area contributed by atoms with E-state index in [0.29, 0.717) is 23.6 Å². The number of carbonyl (C=O) groups excluding carboxylic acids is 1. The summed E-state index contributed by atoms with van der Waals surface area (Å²) in [6.45, 7) is 0.534. The smallest absolute Gasteiger partial charge is 0.309 e.